The second kappa shape index (κ2) is 6.20. The molecule has 4 N–H and O–H groups in total. The number of halogens is 2. The minimum atomic E-state index is -0.885. The molecule has 6 heteroatoms. The van der Waals surface area contributed by atoms with Gasteiger partial charge in [-0.3, -0.25) is 4.79 Å². The lowest BCUT2D eigenvalue weighted by Crippen LogP contribution is -2.35. The Labute approximate surface area is 128 Å². The normalized spacial score (nSPS) is 17.8. The summed E-state index contributed by atoms with van der Waals surface area (Å²) in [5.41, 5.74) is 5.52. The number of hydrogen-bond donors (Lipinski definition) is 3. The van der Waals surface area contributed by atoms with Gasteiger partial charge in [-0.1, -0.05) is 42.5 Å². The van der Waals surface area contributed by atoms with Crippen molar-refractivity contribution in [3.63, 3.8) is 0 Å². The van der Waals surface area contributed by atoms with Crippen LogP contribution in [0.5, 0.6) is 0 Å². The zero-order chi connectivity index (χ0) is 14.8. The molecular formula is C14H18Cl2N2O2. The van der Waals surface area contributed by atoms with E-state index in [1.165, 1.54) is 0 Å². The standard InChI is InChI=1S/C14H18Cl2N2O2/c15-10-6-9(7-11(16)13(10)17)18-12(19)8-14(20)4-2-1-3-5-14/h6-7,20H,1-5,8,17H2,(H,18,19). The van der Waals surface area contributed by atoms with Crippen LogP contribution in [-0.2, 0) is 4.79 Å². The third kappa shape index (κ3) is 3.78. The van der Waals surface area contributed by atoms with Crippen molar-refractivity contribution in [3.8, 4) is 0 Å². The number of nitrogens with two attached hydrogens (primary N) is 1. The summed E-state index contributed by atoms with van der Waals surface area (Å²) in [6, 6.07) is 3.09. The van der Waals surface area contributed by atoms with E-state index in [2.05, 4.69) is 5.32 Å². The molecule has 1 aromatic carbocycles. The maximum atomic E-state index is 12.0. The number of benzene rings is 1. The lowest BCUT2D eigenvalue weighted by Gasteiger charge is -2.31. The van der Waals surface area contributed by atoms with Crippen molar-refractivity contribution in [1.29, 1.82) is 0 Å². The predicted molar refractivity (Wildman–Crippen MR) is 82.2 cm³/mol. The molecule has 1 saturated carbocycles. The molecule has 0 heterocycles. The number of hydrogen-bond acceptors (Lipinski definition) is 3. The van der Waals surface area contributed by atoms with Crippen LogP contribution in [0.3, 0.4) is 0 Å². The van der Waals surface area contributed by atoms with Crippen molar-refractivity contribution < 1.29 is 9.90 Å². The van der Waals surface area contributed by atoms with Gasteiger partial charge in [-0.05, 0) is 25.0 Å². The van der Waals surface area contributed by atoms with Gasteiger partial charge in [0.15, 0.2) is 0 Å². The second-order valence-electron chi connectivity index (χ2n) is 5.36. The molecule has 4 nitrogen and oxygen atoms in total. The Morgan fingerprint density at radius 1 is 1.25 bits per heavy atom. The van der Waals surface area contributed by atoms with Gasteiger partial charge in [-0.25, -0.2) is 0 Å². The van der Waals surface area contributed by atoms with Gasteiger partial charge >= 0.3 is 0 Å². The quantitative estimate of drug-likeness (QED) is 0.746. The lowest BCUT2D eigenvalue weighted by atomic mass is 9.82. The molecule has 20 heavy (non-hydrogen) atoms. The second-order valence-corrected chi connectivity index (χ2v) is 6.18. The van der Waals surface area contributed by atoms with E-state index in [1.54, 1.807) is 12.1 Å². The molecule has 0 unspecified atom stereocenters. The summed E-state index contributed by atoms with van der Waals surface area (Å²) in [6.07, 6.45) is 4.47. The van der Waals surface area contributed by atoms with Crippen molar-refractivity contribution in [2.24, 2.45) is 0 Å². The van der Waals surface area contributed by atoms with Crippen molar-refractivity contribution in [1.82, 2.24) is 0 Å². The largest absolute Gasteiger partial charge is 0.396 e. The zero-order valence-corrected chi connectivity index (χ0v) is 12.6. The first kappa shape index (κ1) is 15.4. The summed E-state index contributed by atoms with van der Waals surface area (Å²) in [7, 11) is 0. The van der Waals surface area contributed by atoms with Crippen molar-refractivity contribution in [3.05, 3.63) is 22.2 Å². The number of carbonyl (C=O) groups is 1. The van der Waals surface area contributed by atoms with Crippen LogP contribution in [0, 0.1) is 0 Å². The first-order valence-electron chi connectivity index (χ1n) is 6.66. The van der Waals surface area contributed by atoms with Crippen molar-refractivity contribution >= 4 is 40.5 Å². The van der Waals surface area contributed by atoms with Crippen LogP contribution < -0.4 is 11.1 Å². The first-order chi connectivity index (χ1) is 9.39. The van der Waals surface area contributed by atoms with E-state index in [9.17, 15) is 9.90 Å². The van der Waals surface area contributed by atoms with Gasteiger partial charge in [0.2, 0.25) is 5.91 Å². The molecule has 1 fully saturated rings. The number of carbonyl (C=O) groups excluding carboxylic acids is 1. The Balaban J connectivity index is 2.01. The summed E-state index contributed by atoms with van der Waals surface area (Å²) in [4.78, 5) is 12.0. The highest BCUT2D eigenvalue weighted by Gasteiger charge is 2.31. The van der Waals surface area contributed by atoms with Gasteiger partial charge in [0, 0.05) is 5.69 Å². The minimum absolute atomic E-state index is 0.0899. The molecule has 2 rings (SSSR count). The molecule has 1 aliphatic carbocycles. The van der Waals surface area contributed by atoms with E-state index >= 15 is 0 Å². The van der Waals surface area contributed by atoms with Gasteiger partial charge in [-0.2, -0.15) is 0 Å². The maximum absolute atomic E-state index is 12.0. The first-order valence-corrected chi connectivity index (χ1v) is 7.42. The lowest BCUT2D eigenvalue weighted by molar-refractivity contribution is -0.122. The fourth-order valence-corrected chi connectivity index (χ4v) is 3.03. The zero-order valence-electron chi connectivity index (χ0n) is 11.1. The molecule has 0 bridgehead atoms. The number of rotatable bonds is 3. The Morgan fingerprint density at radius 2 is 1.80 bits per heavy atom. The minimum Gasteiger partial charge on any atom is -0.396 e. The van der Waals surface area contributed by atoms with Crippen LogP contribution in [0.25, 0.3) is 0 Å². The number of amides is 1. The SMILES string of the molecule is Nc1c(Cl)cc(NC(=O)CC2(O)CCCCC2)cc1Cl. The highest BCUT2D eigenvalue weighted by molar-refractivity contribution is 6.39. The molecule has 1 aromatic rings. The van der Waals surface area contributed by atoms with E-state index in [0.29, 0.717) is 28.6 Å². The van der Waals surface area contributed by atoms with Crippen LogP contribution in [0.15, 0.2) is 12.1 Å². The van der Waals surface area contributed by atoms with Crippen molar-refractivity contribution in [2.45, 2.75) is 44.1 Å². The summed E-state index contributed by atoms with van der Waals surface area (Å²) in [6.45, 7) is 0. The third-order valence-corrected chi connectivity index (χ3v) is 4.26. The molecular weight excluding hydrogens is 299 g/mol. The van der Waals surface area contributed by atoms with Gasteiger partial charge in [0.25, 0.3) is 0 Å². The van der Waals surface area contributed by atoms with E-state index in [1.807, 2.05) is 0 Å². The Bertz CT molecular complexity index is 491. The molecule has 110 valence electrons. The number of nitrogen functional groups attached to an aromatic ring is 1. The molecule has 0 saturated heterocycles. The summed E-state index contributed by atoms with van der Waals surface area (Å²) < 4.78 is 0. The van der Waals surface area contributed by atoms with E-state index in [4.69, 9.17) is 28.9 Å². The highest BCUT2D eigenvalue weighted by Crippen LogP contribution is 2.33. The highest BCUT2D eigenvalue weighted by atomic mass is 35.5. The van der Waals surface area contributed by atoms with Crippen molar-refractivity contribution in [2.75, 3.05) is 11.1 Å². The third-order valence-electron chi connectivity index (χ3n) is 3.64. The fourth-order valence-electron chi connectivity index (χ4n) is 2.55. The van der Waals surface area contributed by atoms with E-state index in [-0.39, 0.29) is 18.0 Å². The van der Waals surface area contributed by atoms with Gasteiger partial charge in [0.05, 0.1) is 27.8 Å². The average molecular weight is 317 g/mol. The monoisotopic (exact) mass is 316 g/mol. The molecule has 0 atom stereocenters. The van der Waals surface area contributed by atoms with E-state index < -0.39 is 5.60 Å². The van der Waals surface area contributed by atoms with Crippen LogP contribution in [0.2, 0.25) is 10.0 Å². The summed E-state index contributed by atoms with van der Waals surface area (Å²) in [5, 5.41) is 13.6. The smallest absolute Gasteiger partial charge is 0.227 e. The Kier molecular flexibility index (Phi) is 4.78. The topological polar surface area (TPSA) is 75.3 Å². The molecule has 0 spiro atoms. The maximum Gasteiger partial charge on any atom is 0.227 e. The molecule has 0 aromatic heterocycles. The van der Waals surface area contributed by atoms with Gasteiger partial charge < -0.3 is 16.2 Å². The Morgan fingerprint density at radius 3 is 2.35 bits per heavy atom. The Hall–Kier alpha value is -0.970. The van der Waals surface area contributed by atoms with Crippen LogP contribution in [0.4, 0.5) is 11.4 Å². The summed E-state index contributed by atoms with van der Waals surface area (Å²) in [5.74, 6) is -0.244. The molecule has 1 aliphatic rings. The number of anilines is 2. The molecule has 1 amide bonds. The average Bonchev–Trinajstić information content (AvgIpc) is 2.35. The molecule has 0 aliphatic heterocycles. The fraction of sp³-hybridized carbons (Fsp3) is 0.500. The number of nitrogens with one attached hydrogen (secondary N) is 1. The van der Waals surface area contributed by atoms with E-state index in [0.717, 1.165) is 19.3 Å². The van der Waals surface area contributed by atoms with Crippen LogP contribution in [-0.4, -0.2) is 16.6 Å². The van der Waals surface area contributed by atoms with Gasteiger partial charge in [0.1, 0.15) is 0 Å². The molecule has 0 radical (unpaired) electrons. The van der Waals surface area contributed by atoms with Gasteiger partial charge in [-0.15, -0.1) is 0 Å². The number of aliphatic hydroxyl groups is 1. The summed E-state index contributed by atoms with van der Waals surface area (Å²) >= 11 is 11.8. The van der Waals surface area contributed by atoms with Crippen LogP contribution >= 0.6 is 23.2 Å². The van der Waals surface area contributed by atoms with Crippen LogP contribution in [0.1, 0.15) is 38.5 Å². The predicted octanol–water partition coefficient (Wildman–Crippen LogP) is 3.60.